The van der Waals surface area contributed by atoms with Crippen LogP contribution in [-0.4, -0.2) is 41.4 Å². The average Bonchev–Trinajstić information content (AvgIpc) is 2.71. The third kappa shape index (κ3) is 2.90. The second kappa shape index (κ2) is 5.79. The lowest BCUT2D eigenvalue weighted by Gasteiger charge is -2.13. The minimum atomic E-state index is -0.424. The number of pyridine rings is 1. The molecule has 1 aromatic heterocycles. The molecule has 2 amide bonds. The molecular weight excluding hydrogens is 246 g/mol. The van der Waals surface area contributed by atoms with E-state index in [1.54, 1.807) is 26.3 Å². The van der Waals surface area contributed by atoms with Crippen LogP contribution in [0.5, 0.6) is 5.88 Å². The van der Waals surface area contributed by atoms with Crippen LogP contribution in [0.1, 0.15) is 18.9 Å². The van der Waals surface area contributed by atoms with Gasteiger partial charge in [-0.05, 0) is 18.6 Å². The van der Waals surface area contributed by atoms with Crippen LogP contribution in [-0.2, 0) is 16.1 Å². The Bertz CT molecular complexity index is 490. The molecule has 1 aliphatic rings. The number of hydrogen-bond acceptors (Lipinski definition) is 5. The second-order valence-electron chi connectivity index (χ2n) is 4.32. The summed E-state index contributed by atoms with van der Waals surface area (Å²) in [7, 11) is 1.55. The van der Waals surface area contributed by atoms with Gasteiger partial charge in [-0.2, -0.15) is 0 Å². The lowest BCUT2D eigenvalue weighted by molar-refractivity contribution is -0.138. The Morgan fingerprint density at radius 2 is 2.32 bits per heavy atom. The zero-order valence-corrected chi connectivity index (χ0v) is 11.0. The minimum Gasteiger partial charge on any atom is -0.481 e. The molecule has 1 atom stereocenters. The third-order valence-corrected chi connectivity index (χ3v) is 3.12. The number of carbonyl (C=O) groups is 2. The molecule has 6 nitrogen and oxygen atoms in total. The van der Waals surface area contributed by atoms with Crippen molar-refractivity contribution in [1.82, 2.24) is 15.2 Å². The summed E-state index contributed by atoms with van der Waals surface area (Å²) in [6, 6.07) is 3.21. The van der Waals surface area contributed by atoms with Crippen LogP contribution in [0.4, 0.5) is 0 Å². The molecule has 1 aliphatic heterocycles. The Balaban J connectivity index is 1.96. The van der Waals surface area contributed by atoms with Gasteiger partial charge in [-0.1, -0.05) is 0 Å². The van der Waals surface area contributed by atoms with Crippen molar-refractivity contribution in [3.63, 3.8) is 0 Å². The molecule has 0 spiro atoms. The van der Waals surface area contributed by atoms with Gasteiger partial charge in [-0.25, -0.2) is 4.98 Å². The number of aromatic nitrogens is 1. The molecule has 102 valence electrons. The number of hydrogen-bond donors (Lipinski definition) is 1. The van der Waals surface area contributed by atoms with Gasteiger partial charge < -0.3 is 10.1 Å². The summed E-state index contributed by atoms with van der Waals surface area (Å²) in [5.74, 6) is 0.272. The number of carbonyl (C=O) groups excluding carboxylic acids is 2. The van der Waals surface area contributed by atoms with Gasteiger partial charge in [0, 0.05) is 25.4 Å². The van der Waals surface area contributed by atoms with Gasteiger partial charge in [0.25, 0.3) is 0 Å². The van der Waals surface area contributed by atoms with E-state index in [0.717, 1.165) is 5.56 Å². The smallest absolute Gasteiger partial charge is 0.246 e. The van der Waals surface area contributed by atoms with Gasteiger partial charge >= 0.3 is 0 Å². The molecule has 19 heavy (non-hydrogen) atoms. The van der Waals surface area contributed by atoms with E-state index in [2.05, 4.69) is 10.3 Å². The van der Waals surface area contributed by atoms with Crippen molar-refractivity contribution < 1.29 is 14.3 Å². The lowest BCUT2D eigenvalue weighted by Crippen LogP contribution is -2.38. The summed E-state index contributed by atoms with van der Waals surface area (Å²) in [5, 5.41) is 3.10. The predicted octanol–water partition coefficient (Wildman–Crippen LogP) is 0.327. The van der Waals surface area contributed by atoms with Crippen molar-refractivity contribution in [2.75, 3.05) is 13.7 Å². The zero-order chi connectivity index (χ0) is 13.8. The molecule has 1 unspecified atom stereocenters. The first kappa shape index (κ1) is 13.5. The number of likely N-dealkylation sites (N-methyl/N-ethyl adjacent to an activating group) is 1. The normalized spacial score (nSPS) is 19.1. The molecule has 1 saturated heterocycles. The van der Waals surface area contributed by atoms with Crippen LogP contribution in [0, 0.1) is 0 Å². The summed E-state index contributed by atoms with van der Waals surface area (Å²) in [6.45, 7) is 2.73. The van der Waals surface area contributed by atoms with E-state index in [1.165, 1.54) is 4.90 Å². The fourth-order valence-electron chi connectivity index (χ4n) is 2.09. The van der Waals surface area contributed by atoms with Crippen LogP contribution in [0.25, 0.3) is 0 Å². The topological polar surface area (TPSA) is 71.5 Å². The van der Waals surface area contributed by atoms with E-state index in [0.29, 0.717) is 19.0 Å². The summed E-state index contributed by atoms with van der Waals surface area (Å²) >= 11 is 0. The predicted molar refractivity (Wildman–Crippen MR) is 68.4 cm³/mol. The number of nitrogens with one attached hydrogen (secondary N) is 1. The molecular formula is C13H17N3O3. The Morgan fingerprint density at radius 1 is 1.53 bits per heavy atom. The maximum Gasteiger partial charge on any atom is 0.246 e. The number of rotatable bonds is 5. The summed E-state index contributed by atoms with van der Waals surface area (Å²) < 4.78 is 5.03. The number of likely N-dealkylation sites (tertiary alicyclic amines) is 1. The first-order chi connectivity index (χ1) is 9.15. The SMILES string of the molecule is CCN1C(=O)CC(NCc2ccnc(OC)c2)C1=O. The maximum atomic E-state index is 11.9. The molecule has 1 aromatic rings. The largest absolute Gasteiger partial charge is 0.481 e. The molecule has 2 heterocycles. The van der Waals surface area contributed by atoms with Gasteiger partial charge in [0.2, 0.25) is 17.7 Å². The highest BCUT2D eigenvalue weighted by atomic mass is 16.5. The molecule has 6 heteroatoms. The quantitative estimate of drug-likeness (QED) is 0.775. The third-order valence-electron chi connectivity index (χ3n) is 3.12. The van der Waals surface area contributed by atoms with Crippen LogP contribution in [0.15, 0.2) is 18.3 Å². The van der Waals surface area contributed by atoms with Crippen molar-refractivity contribution in [3.05, 3.63) is 23.9 Å². The van der Waals surface area contributed by atoms with Gasteiger partial charge in [0.05, 0.1) is 19.6 Å². The molecule has 2 rings (SSSR count). The van der Waals surface area contributed by atoms with Gasteiger partial charge in [-0.3, -0.25) is 14.5 Å². The average molecular weight is 263 g/mol. The lowest BCUT2D eigenvalue weighted by atomic mass is 10.2. The molecule has 0 radical (unpaired) electrons. The summed E-state index contributed by atoms with van der Waals surface area (Å²) in [4.78, 5) is 28.8. The van der Waals surface area contributed by atoms with Crippen molar-refractivity contribution in [2.45, 2.75) is 25.9 Å². The molecule has 0 aromatic carbocycles. The monoisotopic (exact) mass is 263 g/mol. The highest BCUT2D eigenvalue weighted by Gasteiger charge is 2.36. The van der Waals surface area contributed by atoms with Crippen LogP contribution >= 0.6 is 0 Å². The number of amides is 2. The Kier molecular flexibility index (Phi) is 4.11. The Morgan fingerprint density at radius 3 is 2.95 bits per heavy atom. The van der Waals surface area contributed by atoms with Crippen molar-refractivity contribution >= 4 is 11.8 Å². The molecule has 0 saturated carbocycles. The molecule has 0 bridgehead atoms. The number of imide groups is 1. The summed E-state index contributed by atoms with van der Waals surface area (Å²) in [6.07, 6.45) is 1.88. The maximum absolute atomic E-state index is 11.9. The van der Waals surface area contributed by atoms with Crippen LogP contribution in [0.3, 0.4) is 0 Å². The van der Waals surface area contributed by atoms with E-state index < -0.39 is 6.04 Å². The zero-order valence-electron chi connectivity index (χ0n) is 11.0. The summed E-state index contributed by atoms with van der Waals surface area (Å²) in [5.41, 5.74) is 0.960. The van der Waals surface area contributed by atoms with Crippen molar-refractivity contribution in [2.24, 2.45) is 0 Å². The van der Waals surface area contributed by atoms with E-state index in [4.69, 9.17) is 4.74 Å². The molecule has 0 aliphatic carbocycles. The van der Waals surface area contributed by atoms with Gasteiger partial charge in [0.1, 0.15) is 0 Å². The first-order valence-corrected chi connectivity index (χ1v) is 6.22. The minimum absolute atomic E-state index is 0.114. The van der Waals surface area contributed by atoms with Crippen LogP contribution < -0.4 is 10.1 Å². The fourth-order valence-corrected chi connectivity index (χ4v) is 2.09. The van der Waals surface area contributed by atoms with E-state index in [-0.39, 0.29) is 18.2 Å². The highest BCUT2D eigenvalue weighted by molar-refractivity contribution is 6.05. The second-order valence-corrected chi connectivity index (χ2v) is 4.32. The van der Waals surface area contributed by atoms with Crippen molar-refractivity contribution in [3.8, 4) is 5.88 Å². The standard InChI is InChI=1S/C13H17N3O3/c1-3-16-12(17)7-10(13(16)18)15-8-9-4-5-14-11(6-9)19-2/h4-6,10,15H,3,7-8H2,1-2H3. The van der Waals surface area contributed by atoms with Gasteiger partial charge in [-0.15, -0.1) is 0 Å². The highest BCUT2D eigenvalue weighted by Crippen LogP contribution is 2.14. The van der Waals surface area contributed by atoms with E-state index in [9.17, 15) is 9.59 Å². The number of ether oxygens (including phenoxy) is 1. The van der Waals surface area contributed by atoms with Crippen molar-refractivity contribution in [1.29, 1.82) is 0 Å². The molecule has 1 N–H and O–H groups in total. The number of nitrogens with zero attached hydrogens (tertiary/aromatic N) is 2. The van der Waals surface area contributed by atoms with E-state index in [1.807, 2.05) is 6.07 Å². The molecule has 1 fully saturated rings. The van der Waals surface area contributed by atoms with Gasteiger partial charge in [0.15, 0.2) is 0 Å². The Labute approximate surface area is 111 Å². The fraction of sp³-hybridized carbons (Fsp3) is 0.462. The first-order valence-electron chi connectivity index (χ1n) is 6.22. The number of methoxy groups -OCH3 is 1. The van der Waals surface area contributed by atoms with Crippen LogP contribution in [0.2, 0.25) is 0 Å². The van der Waals surface area contributed by atoms with E-state index >= 15 is 0 Å². The Hall–Kier alpha value is -1.95.